The molecule has 3 fully saturated rings. The monoisotopic (exact) mass is 344 g/mol. The second-order valence-corrected chi connectivity index (χ2v) is 11.4. The zero-order valence-electron chi connectivity index (χ0n) is 17.5. The van der Waals surface area contributed by atoms with E-state index in [1.807, 2.05) is 0 Å². The molecule has 0 saturated heterocycles. The van der Waals surface area contributed by atoms with Crippen LogP contribution in [0.1, 0.15) is 86.5 Å². The van der Waals surface area contributed by atoms with Crippen LogP contribution in [0.5, 0.6) is 0 Å². The first-order valence-corrected chi connectivity index (χ1v) is 11.0. The number of hydrogen-bond acceptors (Lipinski definition) is 1. The Hall–Kier alpha value is -0.300. The lowest BCUT2D eigenvalue weighted by Gasteiger charge is -2.62. The van der Waals surface area contributed by atoms with E-state index in [2.05, 4.69) is 53.7 Å². The van der Waals surface area contributed by atoms with Gasteiger partial charge in [0, 0.05) is 0 Å². The van der Waals surface area contributed by atoms with Gasteiger partial charge in [0.15, 0.2) is 0 Å². The molecule has 0 spiro atoms. The number of rotatable bonds is 1. The molecular weight excluding hydrogens is 304 g/mol. The summed E-state index contributed by atoms with van der Waals surface area (Å²) in [5.74, 6) is 4.17. The van der Waals surface area contributed by atoms with Gasteiger partial charge in [-0.15, -0.1) is 0 Å². The molecule has 4 aliphatic rings. The predicted molar refractivity (Wildman–Crippen MR) is 105 cm³/mol. The first-order chi connectivity index (χ1) is 11.7. The number of fused-ring (bicyclic) bond motifs is 5. The van der Waals surface area contributed by atoms with Crippen molar-refractivity contribution in [1.82, 2.24) is 0 Å². The fourth-order valence-electron chi connectivity index (χ4n) is 7.60. The molecule has 3 saturated carbocycles. The molecule has 0 aliphatic heterocycles. The van der Waals surface area contributed by atoms with E-state index in [0.717, 1.165) is 29.6 Å². The summed E-state index contributed by atoms with van der Waals surface area (Å²) in [6, 6.07) is 0. The lowest BCUT2D eigenvalue weighted by Crippen LogP contribution is -2.58. The minimum Gasteiger partial charge on any atom is -0.372 e. The molecule has 0 radical (unpaired) electrons. The van der Waals surface area contributed by atoms with E-state index in [9.17, 15) is 0 Å². The average Bonchev–Trinajstić information content (AvgIpc) is 2.82. The van der Waals surface area contributed by atoms with Crippen molar-refractivity contribution >= 4 is 0 Å². The van der Waals surface area contributed by atoms with Crippen LogP contribution in [-0.4, -0.2) is 11.7 Å². The second-order valence-electron chi connectivity index (χ2n) is 11.4. The van der Waals surface area contributed by atoms with Gasteiger partial charge in [0.05, 0.1) is 11.7 Å². The van der Waals surface area contributed by atoms with Gasteiger partial charge in [0.25, 0.3) is 0 Å². The summed E-state index contributed by atoms with van der Waals surface area (Å²) in [5, 5.41) is 0. The number of allylic oxidation sites excluding steroid dienone is 2. The molecule has 0 aromatic carbocycles. The van der Waals surface area contributed by atoms with Crippen LogP contribution >= 0.6 is 0 Å². The zero-order chi connectivity index (χ0) is 18.0. The molecule has 1 heteroatoms. The Balaban J connectivity index is 1.73. The van der Waals surface area contributed by atoms with Crippen molar-refractivity contribution in [3.05, 3.63) is 12.2 Å². The molecule has 4 aliphatic carbocycles. The van der Waals surface area contributed by atoms with E-state index in [-0.39, 0.29) is 5.60 Å². The summed E-state index contributed by atoms with van der Waals surface area (Å²) >= 11 is 0. The van der Waals surface area contributed by atoms with Gasteiger partial charge in [-0.1, -0.05) is 32.9 Å². The van der Waals surface area contributed by atoms with Crippen LogP contribution in [0.4, 0.5) is 0 Å². The van der Waals surface area contributed by atoms with Crippen LogP contribution in [0.3, 0.4) is 0 Å². The van der Waals surface area contributed by atoms with Gasteiger partial charge in [-0.2, -0.15) is 0 Å². The van der Waals surface area contributed by atoms with E-state index in [0.29, 0.717) is 16.9 Å². The Bertz CT molecular complexity index is 543. The standard InChI is InChI=1S/C24H40O/c1-16-10-11-18-21-19(12-14-23(16,18)5)24(6)13-8-7-9-17(24)15-20(21)25-22(2,3)4/h7,9,16-21H,8,10-15H2,1-6H3/t16-,17?,18?,19?,20-,21?,23+,24-/m0/s1. The molecule has 25 heavy (non-hydrogen) atoms. The van der Waals surface area contributed by atoms with Crippen molar-refractivity contribution in [3.8, 4) is 0 Å². The summed E-state index contributed by atoms with van der Waals surface area (Å²) in [5.41, 5.74) is 1.05. The van der Waals surface area contributed by atoms with Crippen LogP contribution < -0.4 is 0 Å². The SMILES string of the molecule is C[C@H]1CCC2C3C(CC[C@@]21C)[C@@]1(C)CCC=CC1C[C@@H]3OC(C)(C)C. The van der Waals surface area contributed by atoms with Crippen molar-refractivity contribution in [3.63, 3.8) is 0 Å². The molecule has 0 aromatic heterocycles. The second kappa shape index (κ2) is 5.85. The summed E-state index contributed by atoms with van der Waals surface area (Å²) in [4.78, 5) is 0. The molecule has 4 rings (SSSR count). The maximum atomic E-state index is 6.80. The Morgan fingerprint density at radius 1 is 0.960 bits per heavy atom. The van der Waals surface area contributed by atoms with Crippen molar-refractivity contribution in [2.45, 2.75) is 98.2 Å². The fourth-order valence-corrected chi connectivity index (χ4v) is 7.60. The third-order valence-corrected chi connectivity index (χ3v) is 9.14. The molecule has 0 aromatic rings. The predicted octanol–water partition coefficient (Wildman–Crippen LogP) is 6.62. The molecule has 0 bridgehead atoms. The summed E-state index contributed by atoms with van der Waals surface area (Å²) in [6.45, 7) is 14.5. The van der Waals surface area contributed by atoms with Crippen molar-refractivity contribution < 1.29 is 4.74 Å². The smallest absolute Gasteiger partial charge is 0.0621 e. The van der Waals surface area contributed by atoms with Gasteiger partial charge < -0.3 is 4.74 Å². The lowest BCUT2D eigenvalue weighted by atomic mass is 9.45. The largest absolute Gasteiger partial charge is 0.372 e. The van der Waals surface area contributed by atoms with Gasteiger partial charge in [0.2, 0.25) is 0 Å². The van der Waals surface area contributed by atoms with E-state index in [1.165, 1.54) is 44.9 Å². The van der Waals surface area contributed by atoms with Gasteiger partial charge in [-0.25, -0.2) is 0 Å². The van der Waals surface area contributed by atoms with E-state index in [1.54, 1.807) is 0 Å². The highest BCUT2D eigenvalue weighted by Crippen LogP contribution is 2.67. The Kier molecular flexibility index (Phi) is 4.23. The highest BCUT2D eigenvalue weighted by Gasteiger charge is 2.61. The van der Waals surface area contributed by atoms with Crippen LogP contribution in [0.15, 0.2) is 12.2 Å². The maximum Gasteiger partial charge on any atom is 0.0621 e. The number of hydrogen-bond donors (Lipinski definition) is 0. The van der Waals surface area contributed by atoms with E-state index >= 15 is 0 Å². The minimum atomic E-state index is -0.0284. The van der Waals surface area contributed by atoms with Crippen molar-refractivity contribution in [2.24, 2.45) is 40.4 Å². The van der Waals surface area contributed by atoms with Crippen LogP contribution in [-0.2, 0) is 4.74 Å². The Morgan fingerprint density at radius 2 is 1.68 bits per heavy atom. The minimum absolute atomic E-state index is 0.0284. The average molecular weight is 345 g/mol. The molecule has 0 heterocycles. The molecule has 8 atom stereocenters. The zero-order valence-corrected chi connectivity index (χ0v) is 17.5. The topological polar surface area (TPSA) is 9.23 Å². The molecule has 142 valence electrons. The molecular formula is C24H40O. The molecule has 0 amide bonds. The number of ether oxygens (including phenoxy) is 1. The van der Waals surface area contributed by atoms with E-state index in [4.69, 9.17) is 4.74 Å². The van der Waals surface area contributed by atoms with Crippen molar-refractivity contribution in [2.75, 3.05) is 0 Å². The Labute approximate surface area is 156 Å². The van der Waals surface area contributed by atoms with Crippen LogP contribution in [0.2, 0.25) is 0 Å². The van der Waals surface area contributed by atoms with Gasteiger partial charge >= 0.3 is 0 Å². The van der Waals surface area contributed by atoms with E-state index < -0.39 is 0 Å². The van der Waals surface area contributed by atoms with Gasteiger partial charge in [-0.3, -0.25) is 0 Å². The highest BCUT2D eigenvalue weighted by molar-refractivity contribution is 5.15. The Morgan fingerprint density at radius 3 is 2.40 bits per heavy atom. The highest BCUT2D eigenvalue weighted by atomic mass is 16.5. The molecule has 1 nitrogen and oxygen atoms in total. The first kappa shape index (κ1) is 18.1. The first-order valence-electron chi connectivity index (χ1n) is 11.0. The summed E-state index contributed by atoms with van der Waals surface area (Å²) in [6.07, 6.45) is 15.2. The quantitative estimate of drug-likeness (QED) is 0.485. The summed E-state index contributed by atoms with van der Waals surface area (Å²) in [7, 11) is 0. The third kappa shape index (κ3) is 2.75. The lowest BCUT2D eigenvalue weighted by molar-refractivity contribution is -0.193. The third-order valence-electron chi connectivity index (χ3n) is 9.14. The molecule has 4 unspecified atom stereocenters. The van der Waals surface area contributed by atoms with Crippen molar-refractivity contribution in [1.29, 1.82) is 0 Å². The van der Waals surface area contributed by atoms with Gasteiger partial charge in [-0.05, 0) is 106 Å². The maximum absolute atomic E-state index is 6.80. The van der Waals surface area contributed by atoms with Crippen LogP contribution in [0, 0.1) is 40.4 Å². The normalized spacial score (nSPS) is 52.4. The van der Waals surface area contributed by atoms with Gasteiger partial charge in [0.1, 0.15) is 0 Å². The fraction of sp³-hybridized carbons (Fsp3) is 0.917. The van der Waals surface area contributed by atoms with Crippen LogP contribution in [0.25, 0.3) is 0 Å². The molecule has 0 N–H and O–H groups in total. The summed E-state index contributed by atoms with van der Waals surface area (Å²) < 4.78 is 6.80.